The first kappa shape index (κ1) is 13.6. The highest BCUT2D eigenvalue weighted by Gasteiger charge is 2.11. The van der Waals surface area contributed by atoms with Gasteiger partial charge >= 0.3 is 0 Å². The average Bonchev–Trinajstić information content (AvgIpc) is 2.98. The molecule has 1 unspecified atom stereocenters. The fraction of sp³-hybridized carbons (Fsp3) is 0.214. The molecule has 2 aromatic rings. The predicted molar refractivity (Wildman–Crippen MR) is 74.6 cm³/mol. The van der Waals surface area contributed by atoms with E-state index in [0.29, 0.717) is 11.3 Å². The molecule has 1 atom stereocenters. The summed E-state index contributed by atoms with van der Waals surface area (Å²) in [5.74, 6) is 0.492. The van der Waals surface area contributed by atoms with E-state index in [0.717, 1.165) is 5.56 Å². The summed E-state index contributed by atoms with van der Waals surface area (Å²) in [5.41, 5.74) is 1.36. The van der Waals surface area contributed by atoms with Crippen molar-refractivity contribution in [3.63, 3.8) is 0 Å². The number of ether oxygens (including phenoxy) is 1. The van der Waals surface area contributed by atoms with Crippen molar-refractivity contribution < 1.29 is 14.6 Å². The molecular weight excluding hydrogens is 262 g/mol. The van der Waals surface area contributed by atoms with E-state index in [2.05, 4.69) is 5.32 Å². The van der Waals surface area contributed by atoms with Gasteiger partial charge in [0.2, 0.25) is 0 Å². The minimum absolute atomic E-state index is 0.196. The van der Waals surface area contributed by atoms with Crippen LogP contribution in [0.15, 0.2) is 41.1 Å². The lowest BCUT2D eigenvalue weighted by atomic mass is 10.1. The van der Waals surface area contributed by atoms with Crippen LogP contribution in [-0.4, -0.2) is 24.7 Å². The Morgan fingerprint density at radius 2 is 2.11 bits per heavy atom. The molecule has 0 aliphatic carbocycles. The largest absolute Gasteiger partial charge is 0.497 e. The Morgan fingerprint density at radius 3 is 2.68 bits per heavy atom. The summed E-state index contributed by atoms with van der Waals surface area (Å²) >= 11 is 1.52. The van der Waals surface area contributed by atoms with Crippen LogP contribution in [0.1, 0.15) is 22.0 Å². The van der Waals surface area contributed by atoms with Crippen molar-refractivity contribution in [2.75, 3.05) is 13.7 Å². The molecule has 19 heavy (non-hydrogen) atoms. The monoisotopic (exact) mass is 277 g/mol. The molecule has 1 aromatic heterocycles. The Labute approximate surface area is 115 Å². The predicted octanol–water partition coefficient (Wildman–Crippen LogP) is 2.22. The van der Waals surface area contributed by atoms with Crippen molar-refractivity contribution in [3.05, 3.63) is 52.2 Å². The van der Waals surface area contributed by atoms with Crippen LogP contribution in [-0.2, 0) is 0 Å². The van der Waals surface area contributed by atoms with Gasteiger partial charge in [-0.2, -0.15) is 11.3 Å². The molecule has 0 aliphatic rings. The van der Waals surface area contributed by atoms with Gasteiger partial charge in [-0.25, -0.2) is 0 Å². The summed E-state index contributed by atoms with van der Waals surface area (Å²) < 4.78 is 5.03. The Bertz CT molecular complexity index is 522. The molecule has 1 heterocycles. The highest BCUT2D eigenvalue weighted by molar-refractivity contribution is 7.07. The molecule has 1 aromatic carbocycles. The summed E-state index contributed by atoms with van der Waals surface area (Å²) in [6.07, 6.45) is -0.673. The zero-order valence-corrected chi connectivity index (χ0v) is 11.3. The molecule has 2 N–H and O–H groups in total. The smallest absolute Gasteiger partial charge is 0.251 e. The van der Waals surface area contributed by atoms with Crippen molar-refractivity contribution in [1.29, 1.82) is 0 Å². The van der Waals surface area contributed by atoms with Gasteiger partial charge in [0, 0.05) is 12.1 Å². The minimum Gasteiger partial charge on any atom is -0.497 e. The maximum atomic E-state index is 11.9. The van der Waals surface area contributed by atoms with Crippen LogP contribution >= 0.6 is 11.3 Å². The number of rotatable bonds is 5. The number of hydrogen-bond donors (Lipinski definition) is 2. The number of carbonyl (C=O) groups is 1. The van der Waals surface area contributed by atoms with Gasteiger partial charge in [0.25, 0.3) is 5.91 Å². The van der Waals surface area contributed by atoms with Crippen LogP contribution in [0.2, 0.25) is 0 Å². The lowest BCUT2D eigenvalue weighted by Gasteiger charge is -2.10. The molecule has 0 bridgehead atoms. The number of amides is 1. The second-order valence-electron chi connectivity index (χ2n) is 4.01. The molecule has 0 fully saturated rings. The van der Waals surface area contributed by atoms with Gasteiger partial charge < -0.3 is 15.2 Å². The minimum atomic E-state index is -0.673. The van der Waals surface area contributed by atoms with Crippen molar-refractivity contribution in [3.8, 4) is 5.75 Å². The third-order valence-electron chi connectivity index (χ3n) is 2.74. The van der Waals surface area contributed by atoms with Crippen molar-refractivity contribution >= 4 is 17.2 Å². The number of aliphatic hydroxyl groups is 1. The third-order valence-corrected chi connectivity index (χ3v) is 3.44. The standard InChI is InChI=1S/C14H15NO3S/c1-18-12-4-2-10(3-5-12)14(17)15-8-13(16)11-6-7-19-9-11/h2-7,9,13,16H,8H2,1H3,(H,15,17). The van der Waals surface area contributed by atoms with Gasteiger partial charge in [0.05, 0.1) is 13.2 Å². The van der Waals surface area contributed by atoms with E-state index in [1.54, 1.807) is 31.4 Å². The van der Waals surface area contributed by atoms with E-state index in [-0.39, 0.29) is 12.5 Å². The molecule has 0 aliphatic heterocycles. The first-order chi connectivity index (χ1) is 9.20. The van der Waals surface area contributed by atoms with Crippen LogP contribution in [0.3, 0.4) is 0 Å². The van der Waals surface area contributed by atoms with Crippen molar-refractivity contribution in [2.24, 2.45) is 0 Å². The molecular formula is C14H15NO3S. The Kier molecular flexibility index (Phi) is 4.54. The van der Waals surface area contributed by atoms with E-state index in [1.807, 2.05) is 16.8 Å². The van der Waals surface area contributed by atoms with Crippen molar-refractivity contribution in [1.82, 2.24) is 5.32 Å². The van der Waals surface area contributed by atoms with E-state index in [4.69, 9.17) is 4.74 Å². The molecule has 2 rings (SSSR count). The van der Waals surface area contributed by atoms with Crippen LogP contribution in [0.4, 0.5) is 0 Å². The highest BCUT2D eigenvalue weighted by Crippen LogP contribution is 2.15. The van der Waals surface area contributed by atoms with E-state index >= 15 is 0 Å². The van der Waals surface area contributed by atoms with Gasteiger partial charge in [0.15, 0.2) is 0 Å². The quantitative estimate of drug-likeness (QED) is 0.881. The van der Waals surface area contributed by atoms with Gasteiger partial charge in [-0.05, 0) is 46.7 Å². The van der Waals surface area contributed by atoms with Gasteiger partial charge in [0.1, 0.15) is 5.75 Å². The highest BCUT2D eigenvalue weighted by atomic mass is 32.1. The molecule has 0 saturated carbocycles. The summed E-state index contributed by atoms with van der Waals surface area (Å²) in [6.45, 7) is 0.196. The molecule has 4 nitrogen and oxygen atoms in total. The Hall–Kier alpha value is -1.85. The van der Waals surface area contributed by atoms with Gasteiger partial charge in [-0.1, -0.05) is 0 Å². The Balaban J connectivity index is 1.90. The fourth-order valence-corrected chi connectivity index (χ4v) is 2.32. The maximum Gasteiger partial charge on any atom is 0.251 e. The molecule has 0 spiro atoms. The zero-order chi connectivity index (χ0) is 13.7. The van der Waals surface area contributed by atoms with Crippen LogP contribution < -0.4 is 10.1 Å². The first-order valence-electron chi connectivity index (χ1n) is 5.83. The fourth-order valence-electron chi connectivity index (χ4n) is 1.62. The summed E-state index contributed by atoms with van der Waals surface area (Å²) in [5, 5.41) is 16.3. The summed E-state index contributed by atoms with van der Waals surface area (Å²) in [6, 6.07) is 8.67. The average molecular weight is 277 g/mol. The SMILES string of the molecule is COc1ccc(C(=O)NCC(O)c2ccsc2)cc1. The Morgan fingerprint density at radius 1 is 1.37 bits per heavy atom. The maximum absolute atomic E-state index is 11.9. The lowest BCUT2D eigenvalue weighted by Crippen LogP contribution is -2.28. The number of carbonyl (C=O) groups excluding carboxylic acids is 1. The number of nitrogens with one attached hydrogen (secondary N) is 1. The second-order valence-corrected chi connectivity index (χ2v) is 4.79. The number of hydrogen-bond acceptors (Lipinski definition) is 4. The van der Waals surface area contributed by atoms with E-state index < -0.39 is 6.10 Å². The van der Waals surface area contributed by atoms with Gasteiger partial charge in [-0.15, -0.1) is 0 Å². The van der Waals surface area contributed by atoms with Gasteiger partial charge in [-0.3, -0.25) is 4.79 Å². The normalized spacial score (nSPS) is 11.9. The number of aliphatic hydroxyl groups excluding tert-OH is 1. The van der Waals surface area contributed by atoms with Crippen LogP contribution in [0, 0.1) is 0 Å². The van der Waals surface area contributed by atoms with Crippen molar-refractivity contribution in [2.45, 2.75) is 6.10 Å². The molecule has 1 amide bonds. The van der Waals surface area contributed by atoms with E-state index in [9.17, 15) is 9.90 Å². The summed E-state index contributed by atoms with van der Waals surface area (Å²) in [7, 11) is 1.58. The summed E-state index contributed by atoms with van der Waals surface area (Å²) in [4.78, 5) is 11.9. The second kappa shape index (κ2) is 6.36. The molecule has 100 valence electrons. The molecule has 0 radical (unpaired) electrons. The lowest BCUT2D eigenvalue weighted by molar-refractivity contribution is 0.0916. The topological polar surface area (TPSA) is 58.6 Å². The third kappa shape index (κ3) is 3.56. The number of benzene rings is 1. The van der Waals surface area contributed by atoms with Crippen LogP contribution in [0.5, 0.6) is 5.75 Å². The van der Waals surface area contributed by atoms with Crippen LogP contribution in [0.25, 0.3) is 0 Å². The number of methoxy groups -OCH3 is 1. The number of thiophene rings is 1. The molecule has 5 heteroatoms. The zero-order valence-electron chi connectivity index (χ0n) is 10.5. The molecule has 0 saturated heterocycles. The first-order valence-corrected chi connectivity index (χ1v) is 6.77. The van der Waals surface area contributed by atoms with E-state index in [1.165, 1.54) is 11.3 Å².